The zero-order chi connectivity index (χ0) is 16.0. The second-order valence-corrected chi connectivity index (χ2v) is 7.77. The fourth-order valence-electron chi connectivity index (χ4n) is 2.00. The Morgan fingerprint density at radius 2 is 1.90 bits per heavy atom. The Morgan fingerprint density at radius 3 is 2.43 bits per heavy atom. The number of benzene rings is 1. The first-order chi connectivity index (χ1) is 9.82. The average molecular weight is 379 g/mol. The van der Waals surface area contributed by atoms with Crippen LogP contribution in [0, 0.1) is 0 Å². The van der Waals surface area contributed by atoms with Crippen molar-refractivity contribution in [3.05, 3.63) is 22.7 Å². The normalized spacial score (nSPS) is 12.1. The van der Waals surface area contributed by atoms with Crippen LogP contribution in [0.3, 0.4) is 0 Å². The maximum absolute atomic E-state index is 12.8. The summed E-state index contributed by atoms with van der Waals surface area (Å²) in [6, 6.07) is 5.01. The number of hydrogen-bond donors (Lipinski definition) is 0. The van der Waals surface area contributed by atoms with Crippen molar-refractivity contribution in [2.24, 2.45) is 0 Å². The van der Waals surface area contributed by atoms with Crippen molar-refractivity contribution in [1.29, 1.82) is 0 Å². The van der Waals surface area contributed by atoms with Gasteiger partial charge in [-0.1, -0.05) is 22.9 Å². The van der Waals surface area contributed by atoms with Crippen LogP contribution < -0.4 is 4.74 Å². The van der Waals surface area contributed by atoms with Crippen molar-refractivity contribution in [1.82, 2.24) is 9.21 Å². The van der Waals surface area contributed by atoms with Gasteiger partial charge < -0.3 is 9.64 Å². The molecule has 120 valence electrons. The van der Waals surface area contributed by atoms with Gasteiger partial charge in [0.2, 0.25) is 10.0 Å². The zero-order valence-electron chi connectivity index (χ0n) is 13.0. The molecule has 0 saturated heterocycles. The monoisotopic (exact) mass is 378 g/mol. The number of nitrogens with zero attached hydrogens (tertiary/aromatic N) is 2. The summed E-state index contributed by atoms with van der Waals surface area (Å²) in [4.78, 5) is 2.24. The lowest BCUT2D eigenvalue weighted by Crippen LogP contribution is -2.33. The smallest absolute Gasteiger partial charge is 0.246 e. The summed E-state index contributed by atoms with van der Waals surface area (Å²) in [5, 5.41) is 0. The maximum atomic E-state index is 12.8. The van der Waals surface area contributed by atoms with Crippen molar-refractivity contribution < 1.29 is 13.2 Å². The molecule has 0 amide bonds. The third-order valence-electron chi connectivity index (χ3n) is 3.11. The van der Waals surface area contributed by atoms with Crippen LogP contribution in [-0.2, 0) is 10.0 Å². The van der Waals surface area contributed by atoms with E-state index in [1.165, 1.54) is 11.4 Å². The summed E-state index contributed by atoms with van der Waals surface area (Å²) in [5.74, 6) is 0.365. The fraction of sp³-hybridized carbons (Fsp3) is 0.571. The minimum atomic E-state index is -3.55. The molecular weight excluding hydrogens is 356 g/mol. The predicted octanol–water partition coefficient (Wildman–Crippen LogP) is 2.42. The molecule has 0 heterocycles. The average Bonchev–Trinajstić information content (AvgIpc) is 2.43. The molecule has 0 unspecified atom stereocenters. The molecule has 0 saturated carbocycles. The molecule has 0 bridgehead atoms. The van der Waals surface area contributed by atoms with Crippen molar-refractivity contribution >= 4 is 26.0 Å². The molecule has 0 N–H and O–H groups in total. The Kier molecular flexibility index (Phi) is 7.12. The molecule has 0 aliphatic carbocycles. The molecular formula is C14H23BrN2O3S. The van der Waals surface area contributed by atoms with E-state index >= 15 is 0 Å². The van der Waals surface area contributed by atoms with Crippen molar-refractivity contribution in [2.75, 3.05) is 40.8 Å². The van der Waals surface area contributed by atoms with Crippen molar-refractivity contribution in [3.63, 3.8) is 0 Å². The molecule has 1 rings (SSSR count). The van der Waals surface area contributed by atoms with Gasteiger partial charge in [0.25, 0.3) is 0 Å². The van der Waals surface area contributed by atoms with Gasteiger partial charge in [-0.25, -0.2) is 8.42 Å². The predicted molar refractivity (Wildman–Crippen MR) is 88.3 cm³/mol. The van der Waals surface area contributed by atoms with E-state index < -0.39 is 10.0 Å². The molecule has 0 radical (unpaired) electrons. The highest BCUT2D eigenvalue weighted by Crippen LogP contribution is 2.29. The Labute approximate surface area is 136 Å². The van der Waals surface area contributed by atoms with Gasteiger partial charge in [-0.2, -0.15) is 4.31 Å². The van der Waals surface area contributed by atoms with E-state index in [2.05, 4.69) is 15.9 Å². The van der Waals surface area contributed by atoms with Gasteiger partial charge in [-0.15, -0.1) is 0 Å². The minimum Gasteiger partial charge on any atom is -0.495 e. The quantitative estimate of drug-likeness (QED) is 0.696. The summed E-state index contributed by atoms with van der Waals surface area (Å²) < 4.78 is 33.0. The van der Waals surface area contributed by atoms with Crippen LogP contribution in [0.25, 0.3) is 0 Å². The van der Waals surface area contributed by atoms with Crippen LogP contribution in [0.1, 0.15) is 13.3 Å². The summed E-state index contributed by atoms with van der Waals surface area (Å²) >= 11 is 3.32. The lowest BCUT2D eigenvalue weighted by Gasteiger charge is -2.22. The first kappa shape index (κ1) is 18.4. The number of halogens is 1. The number of methoxy groups -OCH3 is 1. The standard InChI is InChI=1S/C14H23BrN2O3S/c1-5-17(10-6-9-16(2)3)21(18,19)14-11-12(15)7-8-13(14)20-4/h7-8,11H,5-6,9-10H2,1-4H3. The first-order valence-electron chi connectivity index (χ1n) is 6.81. The molecule has 21 heavy (non-hydrogen) atoms. The van der Waals surface area contributed by atoms with E-state index in [0.717, 1.165) is 13.0 Å². The lowest BCUT2D eigenvalue weighted by atomic mass is 10.3. The lowest BCUT2D eigenvalue weighted by molar-refractivity contribution is 0.353. The summed E-state index contributed by atoms with van der Waals surface area (Å²) in [5.41, 5.74) is 0. The van der Waals surface area contributed by atoms with Gasteiger partial charge in [-0.3, -0.25) is 0 Å². The third-order valence-corrected chi connectivity index (χ3v) is 5.60. The summed E-state index contributed by atoms with van der Waals surface area (Å²) in [7, 11) is 1.87. The van der Waals surface area contributed by atoms with Crippen LogP contribution in [0.5, 0.6) is 5.75 Å². The van der Waals surface area contributed by atoms with Gasteiger partial charge in [0, 0.05) is 17.6 Å². The molecule has 0 spiro atoms. The molecule has 7 heteroatoms. The number of rotatable bonds is 8. The van der Waals surface area contributed by atoms with Gasteiger partial charge in [0.15, 0.2) is 0 Å². The van der Waals surface area contributed by atoms with Crippen LogP contribution in [0.2, 0.25) is 0 Å². The molecule has 0 aromatic heterocycles. The van der Waals surface area contributed by atoms with E-state index in [0.29, 0.717) is 23.3 Å². The second-order valence-electron chi connectivity index (χ2n) is 4.95. The van der Waals surface area contributed by atoms with Gasteiger partial charge >= 0.3 is 0 Å². The molecule has 1 aromatic rings. The highest BCUT2D eigenvalue weighted by atomic mass is 79.9. The van der Waals surface area contributed by atoms with Gasteiger partial charge in [0.05, 0.1) is 7.11 Å². The molecule has 1 aromatic carbocycles. The number of hydrogen-bond acceptors (Lipinski definition) is 4. The van der Waals surface area contributed by atoms with E-state index in [9.17, 15) is 8.42 Å². The van der Waals surface area contributed by atoms with Crippen LogP contribution in [0.15, 0.2) is 27.6 Å². The first-order valence-corrected chi connectivity index (χ1v) is 9.04. The maximum Gasteiger partial charge on any atom is 0.246 e. The van der Waals surface area contributed by atoms with E-state index in [4.69, 9.17) is 4.74 Å². The van der Waals surface area contributed by atoms with E-state index in [1.807, 2.05) is 25.9 Å². The Morgan fingerprint density at radius 1 is 1.24 bits per heavy atom. The topological polar surface area (TPSA) is 49.9 Å². The molecule has 0 atom stereocenters. The Balaban J connectivity index is 3.04. The number of sulfonamides is 1. The number of ether oxygens (including phenoxy) is 1. The highest BCUT2D eigenvalue weighted by molar-refractivity contribution is 9.10. The van der Waals surface area contributed by atoms with E-state index in [-0.39, 0.29) is 4.90 Å². The minimum absolute atomic E-state index is 0.200. The summed E-state index contributed by atoms with van der Waals surface area (Å²) in [6.45, 7) is 3.62. The molecule has 0 aliphatic heterocycles. The molecule has 0 aliphatic rings. The van der Waals surface area contributed by atoms with Crippen LogP contribution in [0.4, 0.5) is 0 Å². The zero-order valence-corrected chi connectivity index (χ0v) is 15.4. The largest absolute Gasteiger partial charge is 0.495 e. The third kappa shape index (κ3) is 4.95. The Bertz CT molecular complexity index is 561. The second kappa shape index (κ2) is 8.12. The van der Waals surface area contributed by atoms with Gasteiger partial charge in [0.1, 0.15) is 10.6 Å². The van der Waals surface area contributed by atoms with Crippen molar-refractivity contribution in [3.8, 4) is 5.75 Å². The Hall–Kier alpha value is -0.630. The fourth-order valence-corrected chi connectivity index (χ4v) is 4.18. The SMILES string of the molecule is CCN(CCCN(C)C)S(=O)(=O)c1cc(Br)ccc1OC. The van der Waals surface area contributed by atoms with Gasteiger partial charge in [-0.05, 0) is 45.3 Å². The van der Waals surface area contributed by atoms with Crippen LogP contribution >= 0.6 is 15.9 Å². The molecule has 0 fully saturated rings. The van der Waals surface area contributed by atoms with Crippen LogP contribution in [-0.4, -0.2) is 58.5 Å². The van der Waals surface area contributed by atoms with E-state index in [1.54, 1.807) is 18.2 Å². The van der Waals surface area contributed by atoms with Crippen molar-refractivity contribution in [2.45, 2.75) is 18.2 Å². The molecule has 5 nitrogen and oxygen atoms in total. The highest BCUT2D eigenvalue weighted by Gasteiger charge is 2.26. The summed E-state index contributed by atoms with van der Waals surface area (Å²) in [6.07, 6.45) is 0.788.